The van der Waals surface area contributed by atoms with E-state index in [-0.39, 0.29) is 26.3 Å². The molecule has 21 heteroatoms. The topological polar surface area (TPSA) is 280 Å². The quantitative estimate of drug-likeness (QED) is 0.0842. The van der Waals surface area contributed by atoms with Gasteiger partial charge in [-0.1, -0.05) is 0 Å². The molecule has 8 N–H and O–H groups in total. The van der Waals surface area contributed by atoms with Crippen molar-refractivity contribution in [3.63, 3.8) is 0 Å². The first-order chi connectivity index (χ1) is 14.6. The van der Waals surface area contributed by atoms with E-state index in [4.69, 9.17) is 43.9 Å². The molecule has 0 bridgehead atoms. The van der Waals surface area contributed by atoms with Crippen LogP contribution in [0.25, 0.3) is 0 Å². The van der Waals surface area contributed by atoms with Gasteiger partial charge in [-0.3, -0.25) is 27.8 Å². The molecule has 0 spiro atoms. The number of rotatable bonds is 14. The third-order valence-corrected chi connectivity index (χ3v) is 11.6. The van der Waals surface area contributed by atoms with E-state index < -0.39 is 66.1 Å². The van der Waals surface area contributed by atoms with Crippen LogP contribution in [-0.2, 0) is 32.6 Å². The predicted octanol–water partition coefficient (Wildman–Crippen LogP) is -1.94. The first-order valence-corrected chi connectivity index (χ1v) is 15.6. The van der Waals surface area contributed by atoms with E-state index >= 15 is 0 Å². The second-order valence-corrected chi connectivity index (χ2v) is 14.9. The Hall–Kier alpha value is -0.500. The average Bonchev–Trinajstić information content (AvgIpc) is 2.54. The van der Waals surface area contributed by atoms with Crippen LogP contribution in [-0.4, -0.2) is 111 Å². The highest BCUT2D eigenvalue weighted by atomic mass is 31.2. The third kappa shape index (κ3) is 12.1. The second kappa shape index (κ2) is 12.5. The maximum Gasteiger partial charge on any atom is 0.342 e. The summed E-state index contributed by atoms with van der Waals surface area (Å²) in [6.07, 6.45) is 0. The second-order valence-electron chi connectivity index (χ2n) is 6.86. The van der Waals surface area contributed by atoms with E-state index in [1.165, 1.54) is 0 Å². The number of carbonyl (C=O) groups is 2. The highest BCUT2D eigenvalue weighted by molar-refractivity contribution is 7.71. The van der Waals surface area contributed by atoms with Gasteiger partial charge >= 0.3 is 30.4 Å². The molecule has 0 rings (SSSR count). The van der Waals surface area contributed by atoms with Crippen molar-refractivity contribution >= 4 is 42.2 Å². The van der Waals surface area contributed by atoms with Crippen molar-refractivity contribution in [3.8, 4) is 0 Å². The summed E-state index contributed by atoms with van der Waals surface area (Å²) in [4.78, 5) is 98.0. The van der Waals surface area contributed by atoms with Crippen LogP contribution >= 0.6 is 30.4 Å². The lowest BCUT2D eigenvalue weighted by Crippen LogP contribution is -2.40. The molecule has 0 aliphatic rings. The van der Waals surface area contributed by atoms with E-state index in [9.17, 15) is 27.8 Å². The Bertz CT molecular complexity index is 758. The Labute approximate surface area is 188 Å². The number of nitrogens with zero attached hydrogens (tertiary/aromatic N) is 2. The lowest BCUT2D eigenvalue weighted by Gasteiger charge is -2.28. The molecule has 0 aliphatic carbocycles. The molecular weight excluding hydrogens is 536 g/mol. The minimum Gasteiger partial charge on any atom is -0.378 e. The summed E-state index contributed by atoms with van der Waals surface area (Å²) in [6.45, 7) is -1.37. The van der Waals surface area contributed by atoms with Crippen LogP contribution in [0.15, 0.2) is 0 Å². The first kappa shape index (κ1) is 32.5. The van der Waals surface area contributed by atoms with Gasteiger partial charge in [0.25, 0.3) is 0 Å². The van der Waals surface area contributed by atoms with Crippen molar-refractivity contribution in [1.29, 1.82) is 0 Å². The van der Waals surface area contributed by atoms with Crippen LogP contribution < -0.4 is 0 Å². The lowest BCUT2D eigenvalue weighted by molar-refractivity contribution is -0.129. The minimum absolute atomic E-state index is 0.333. The molecule has 0 radical (unpaired) electrons. The Morgan fingerprint density at radius 1 is 0.636 bits per heavy atom. The van der Waals surface area contributed by atoms with Gasteiger partial charge < -0.3 is 53.7 Å². The van der Waals surface area contributed by atoms with Crippen molar-refractivity contribution in [1.82, 2.24) is 9.80 Å². The van der Waals surface area contributed by atoms with Crippen LogP contribution in [0.4, 0.5) is 0 Å². The zero-order valence-electron chi connectivity index (χ0n) is 17.5. The molecule has 0 heterocycles. The number of hydrogen-bond donors (Lipinski definition) is 8. The van der Waals surface area contributed by atoms with Gasteiger partial charge in [0.2, 0.25) is 11.8 Å². The number of hydrogen-bond acceptors (Lipinski definition) is 7. The van der Waals surface area contributed by atoms with Gasteiger partial charge in [0, 0.05) is 40.0 Å². The van der Waals surface area contributed by atoms with E-state index in [1.807, 2.05) is 0 Å². The van der Waals surface area contributed by atoms with Crippen LogP contribution in [0.3, 0.4) is 0 Å². The molecule has 0 atom stereocenters. The van der Waals surface area contributed by atoms with Crippen molar-refractivity contribution in [2.24, 2.45) is 0 Å². The zero-order chi connectivity index (χ0) is 26.4. The van der Waals surface area contributed by atoms with E-state index in [0.29, 0.717) is 0 Å². The fraction of sp³-hybridized carbons (Fsp3) is 0.833. The molecular formula is C12H28N2O15P4. The van der Waals surface area contributed by atoms with Crippen molar-refractivity contribution in [2.45, 2.75) is 24.6 Å². The Morgan fingerprint density at radius 2 is 0.879 bits per heavy atom. The number of carbonyl (C=O) groups excluding carboxylic acids is 2. The van der Waals surface area contributed by atoms with Gasteiger partial charge in [-0.05, 0) is 0 Å². The molecule has 0 saturated heterocycles. The highest BCUT2D eigenvalue weighted by Crippen LogP contribution is 2.60. The van der Waals surface area contributed by atoms with Crippen LogP contribution in [0.1, 0.15) is 13.8 Å². The number of amides is 2. The Balaban J connectivity index is 5.02. The third-order valence-electron chi connectivity index (χ3n) is 4.22. The molecule has 2 amide bonds. The molecule has 196 valence electrons. The number of ether oxygens (including phenoxy) is 1. The Morgan fingerprint density at radius 3 is 1.06 bits per heavy atom. The molecule has 0 aromatic rings. The van der Waals surface area contributed by atoms with Crippen LogP contribution in [0.2, 0.25) is 0 Å². The molecule has 0 fully saturated rings. The average molecular weight is 564 g/mol. The maximum atomic E-state index is 11.7. The molecule has 33 heavy (non-hydrogen) atoms. The molecule has 0 unspecified atom stereocenters. The van der Waals surface area contributed by atoms with Gasteiger partial charge in [-0.2, -0.15) is 0 Å². The molecule has 0 saturated carbocycles. The molecule has 0 aliphatic heterocycles. The summed E-state index contributed by atoms with van der Waals surface area (Å²) in [5.41, 5.74) is 0. The van der Waals surface area contributed by atoms with E-state index in [2.05, 4.69) is 0 Å². The maximum absolute atomic E-state index is 11.7. The summed E-state index contributed by atoms with van der Waals surface area (Å²) in [5, 5.41) is -4.89. The normalized spacial score (nSPS) is 13.5. The Kier molecular flexibility index (Phi) is 12.3. The summed E-state index contributed by atoms with van der Waals surface area (Å²) in [7, 11) is -21.1. The van der Waals surface area contributed by atoms with Crippen molar-refractivity contribution in [3.05, 3.63) is 0 Å². The molecule has 0 aromatic heterocycles. The van der Waals surface area contributed by atoms with Crippen molar-refractivity contribution in [2.75, 3.05) is 39.4 Å². The van der Waals surface area contributed by atoms with E-state index in [0.717, 1.165) is 23.6 Å². The summed E-state index contributed by atoms with van der Waals surface area (Å²) < 4.78 is 50.6. The summed E-state index contributed by atoms with van der Waals surface area (Å²) in [5.74, 6) is -1.55. The van der Waals surface area contributed by atoms with Gasteiger partial charge in [0.05, 0.1) is 13.2 Å². The lowest BCUT2D eigenvalue weighted by atomic mass is 10.4. The SMILES string of the molecule is CC(=O)N(CCOCCN(CC(P(=O)(O)O)P(=O)(O)O)C(C)=O)CC(P(=O)(O)O)P(=O)(O)O. The van der Waals surface area contributed by atoms with Crippen molar-refractivity contribution < 1.29 is 71.7 Å². The van der Waals surface area contributed by atoms with Crippen LogP contribution in [0, 0.1) is 0 Å². The van der Waals surface area contributed by atoms with Gasteiger partial charge in [-0.15, -0.1) is 0 Å². The van der Waals surface area contributed by atoms with Gasteiger partial charge in [-0.25, -0.2) is 0 Å². The first-order valence-electron chi connectivity index (χ1n) is 8.88. The fourth-order valence-electron chi connectivity index (χ4n) is 2.42. The largest absolute Gasteiger partial charge is 0.378 e. The van der Waals surface area contributed by atoms with E-state index in [1.54, 1.807) is 0 Å². The van der Waals surface area contributed by atoms with Gasteiger partial charge in [0.15, 0.2) is 10.8 Å². The highest BCUT2D eigenvalue weighted by Gasteiger charge is 2.45. The minimum atomic E-state index is -5.27. The predicted molar refractivity (Wildman–Crippen MR) is 111 cm³/mol. The molecule has 17 nitrogen and oxygen atoms in total. The van der Waals surface area contributed by atoms with Crippen LogP contribution in [0.5, 0.6) is 0 Å². The summed E-state index contributed by atoms with van der Waals surface area (Å²) in [6, 6.07) is 0. The molecule has 0 aromatic carbocycles. The summed E-state index contributed by atoms with van der Waals surface area (Å²) >= 11 is 0. The zero-order valence-corrected chi connectivity index (χ0v) is 21.1. The monoisotopic (exact) mass is 564 g/mol. The fourth-order valence-corrected chi connectivity index (χ4v) is 7.19. The van der Waals surface area contributed by atoms with Gasteiger partial charge in [0.1, 0.15) is 0 Å². The standard InChI is InChI=1S/C12H28N2O15P4/c1-9(15)13(7-11(30(17,18)19)31(20,21)22)3-5-29-6-4-14(10(2)16)8-12(32(23,24)25)33(26,27)28/h11-12H,3-8H2,1-2H3,(H2,17,18,19)(H2,20,21,22)(H2,23,24,25)(H2,26,27,28). The smallest absolute Gasteiger partial charge is 0.342 e.